The lowest BCUT2D eigenvalue weighted by Crippen LogP contribution is -2.33. The number of aromatic nitrogens is 2. The zero-order chi connectivity index (χ0) is 28.4. The molecule has 4 aromatic rings. The van der Waals surface area contributed by atoms with E-state index in [2.05, 4.69) is 82.3 Å². The Labute approximate surface area is 242 Å². The molecule has 3 heterocycles. The van der Waals surface area contributed by atoms with Gasteiger partial charge in [0.05, 0.1) is 17.8 Å². The van der Waals surface area contributed by atoms with Crippen molar-refractivity contribution in [3.05, 3.63) is 112 Å². The molecule has 1 aliphatic rings. The van der Waals surface area contributed by atoms with E-state index in [0.29, 0.717) is 18.1 Å². The molecule has 2 N–H and O–H groups in total. The highest BCUT2D eigenvalue weighted by Crippen LogP contribution is 2.41. The quantitative estimate of drug-likeness (QED) is 0.240. The predicted molar refractivity (Wildman–Crippen MR) is 166 cm³/mol. The van der Waals surface area contributed by atoms with Crippen molar-refractivity contribution in [1.29, 1.82) is 0 Å². The molecule has 0 aliphatic carbocycles. The molecular weight excluding hydrogens is 514 g/mol. The number of hydrogen-bond acceptors (Lipinski definition) is 3. The van der Waals surface area contributed by atoms with Crippen LogP contribution in [0.1, 0.15) is 64.8 Å². The van der Waals surface area contributed by atoms with Gasteiger partial charge < -0.3 is 20.1 Å². The molecule has 2 aromatic carbocycles. The summed E-state index contributed by atoms with van der Waals surface area (Å²) >= 11 is 5.87. The summed E-state index contributed by atoms with van der Waals surface area (Å²) in [6.45, 7) is 11.0. The third-order valence-corrected chi connectivity index (χ3v) is 8.19. The van der Waals surface area contributed by atoms with Gasteiger partial charge in [0.15, 0.2) is 5.11 Å². The number of hydrogen-bond donors (Lipinski definition) is 2. The van der Waals surface area contributed by atoms with Crippen molar-refractivity contribution in [2.45, 2.75) is 59.5 Å². The number of anilines is 1. The summed E-state index contributed by atoms with van der Waals surface area (Å²) in [5.74, 6) is -0.0296. The van der Waals surface area contributed by atoms with Gasteiger partial charge in [-0.2, -0.15) is 0 Å². The highest BCUT2D eigenvalue weighted by Gasteiger charge is 2.41. The molecule has 7 heteroatoms. The molecule has 1 amide bonds. The Bertz CT molecular complexity index is 1530. The van der Waals surface area contributed by atoms with E-state index in [-0.39, 0.29) is 18.0 Å². The van der Waals surface area contributed by atoms with Gasteiger partial charge in [-0.05, 0) is 105 Å². The lowest BCUT2D eigenvalue weighted by atomic mass is 9.96. The van der Waals surface area contributed by atoms with Crippen LogP contribution in [0.2, 0.25) is 0 Å². The van der Waals surface area contributed by atoms with Crippen molar-refractivity contribution in [3.8, 4) is 5.69 Å². The number of rotatable bonds is 8. The molecule has 40 heavy (non-hydrogen) atoms. The summed E-state index contributed by atoms with van der Waals surface area (Å²) in [6.07, 6.45) is 3.14. The number of benzene rings is 2. The van der Waals surface area contributed by atoms with Crippen LogP contribution in [0.5, 0.6) is 0 Å². The SMILES string of the molecule is CCc1ccc(-n2c(C)cc([C@@H]3[C@@H](c4ccccn4)NC(=S)N3CCC(=O)Nc3cc(C)ccc3C)c2C)cc1. The molecule has 0 radical (unpaired) electrons. The van der Waals surface area contributed by atoms with Crippen LogP contribution in [0.4, 0.5) is 5.69 Å². The number of nitrogens with zero attached hydrogens (tertiary/aromatic N) is 3. The summed E-state index contributed by atoms with van der Waals surface area (Å²) in [7, 11) is 0. The second-order valence-corrected chi connectivity index (χ2v) is 11.0. The predicted octanol–water partition coefficient (Wildman–Crippen LogP) is 6.67. The number of nitrogens with one attached hydrogen (secondary N) is 2. The van der Waals surface area contributed by atoms with Gasteiger partial charge in [0, 0.05) is 41.9 Å². The highest BCUT2D eigenvalue weighted by molar-refractivity contribution is 7.80. The first-order chi connectivity index (χ1) is 19.3. The first-order valence-electron chi connectivity index (χ1n) is 13.9. The fraction of sp³-hybridized carbons (Fsp3) is 0.303. The van der Waals surface area contributed by atoms with Gasteiger partial charge in [0.25, 0.3) is 0 Å². The minimum absolute atomic E-state index is 0.0296. The number of pyridine rings is 1. The van der Waals surface area contributed by atoms with Crippen molar-refractivity contribution >= 4 is 28.9 Å². The Morgan fingerprint density at radius 1 is 1.02 bits per heavy atom. The minimum Gasteiger partial charge on any atom is -0.352 e. The summed E-state index contributed by atoms with van der Waals surface area (Å²) in [4.78, 5) is 19.9. The summed E-state index contributed by atoms with van der Waals surface area (Å²) < 4.78 is 2.30. The lowest BCUT2D eigenvalue weighted by molar-refractivity contribution is -0.116. The fourth-order valence-corrected chi connectivity index (χ4v) is 5.99. The maximum atomic E-state index is 13.1. The largest absolute Gasteiger partial charge is 0.352 e. The third-order valence-electron chi connectivity index (χ3n) is 7.84. The second kappa shape index (κ2) is 11.6. The molecule has 6 nitrogen and oxygen atoms in total. The number of aryl methyl sites for hydroxylation is 4. The topological polar surface area (TPSA) is 62.2 Å². The van der Waals surface area contributed by atoms with E-state index in [1.807, 2.05) is 50.4 Å². The molecule has 206 valence electrons. The molecule has 1 fully saturated rings. The molecule has 5 rings (SSSR count). The van der Waals surface area contributed by atoms with Crippen LogP contribution in [0.25, 0.3) is 5.69 Å². The average molecular weight is 552 g/mol. The van der Waals surface area contributed by atoms with Crippen molar-refractivity contribution in [3.63, 3.8) is 0 Å². The molecule has 2 atom stereocenters. The maximum Gasteiger partial charge on any atom is 0.226 e. The van der Waals surface area contributed by atoms with E-state index in [1.165, 1.54) is 11.1 Å². The zero-order valence-corrected chi connectivity index (χ0v) is 24.7. The molecule has 1 aliphatic heterocycles. The minimum atomic E-state index is -0.132. The van der Waals surface area contributed by atoms with Crippen LogP contribution in [0.15, 0.2) is 72.9 Å². The van der Waals surface area contributed by atoms with Crippen molar-refractivity contribution in [1.82, 2.24) is 19.8 Å². The van der Waals surface area contributed by atoms with E-state index < -0.39 is 0 Å². The van der Waals surface area contributed by atoms with Gasteiger partial charge in [-0.15, -0.1) is 0 Å². The molecule has 2 aromatic heterocycles. The van der Waals surface area contributed by atoms with Crippen LogP contribution >= 0.6 is 12.2 Å². The monoisotopic (exact) mass is 551 g/mol. The molecule has 0 saturated carbocycles. The number of carbonyl (C=O) groups is 1. The standard InChI is InChI=1S/C33H37N5OS/c1-6-25-12-14-26(15-13-25)38-23(4)20-27(24(38)5)32-31(28-9-7-8-17-34-28)36-33(40)37(32)18-16-30(39)35-29-19-21(2)10-11-22(29)3/h7-15,17,19-20,31-32H,6,16,18H2,1-5H3,(H,35,39)(H,36,40)/t31-,32-/m1/s1. The maximum absolute atomic E-state index is 13.1. The first kappa shape index (κ1) is 27.6. The number of amides is 1. The molecule has 0 spiro atoms. The highest BCUT2D eigenvalue weighted by atomic mass is 32.1. The Morgan fingerprint density at radius 3 is 2.50 bits per heavy atom. The smallest absolute Gasteiger partial charge is 0.226 e. The zero-order valence-electron chi connectivity index (χ0n) is 23.9. The summed E-state index contributed by atoms with van der Waals surface area (Å²) in [6, 6.07) is 22.8. The molecule has 1 saturated heterocycles. The van der Waals surface area contributed by atoms with E-state index >= 15 is 0 Å². The van der Waals surface area contributed by atoms with Crippen molar-refractivity contribution in [2.24, 2.45) is 0 Å². The van der Waals surface area contributed by atoms with Crippen LogP contribution in [0.3, 0.4) is 0 Å². The number of thiocarbonyl (C=S) groups is 1. The summed E-state index contributed by atoms with van der Waals surface area (Å²) in [5, 5.41) is 7.26. The van der Waals surface area contributed by atoms with Crippen molar-refractivity contribution < 1.29 is 4.79 Å². The Hall–Kier alpha value is -3.97. The van der Waals surface area contributed by atoms with Crippen LogP contribution in [0, 0.1) is 27.7 Å². The van der Waals surface area contributed by atoms with Crippen molar-refractivity contribution in [2.75, 3.05) is 11.9 Å². The molecular formula is C33H37N5OS. The van der Waals surface area contributed by atoms with E-state index in [0.717, 1.165) is 46.0 Å². The van der Waals surface area contributed by atoms with E-state index in [9.17, 15) is 4.79 Å². The van der Waals surface area contributed by atoms with Gasteiger partial charge in [-0.1, -0.05) is 37.3 Å². The third kappa shape index (κ3) is 5.52. The lowest BCUT2D eigenvalue weighted by Gasteiger charge is -2.28. The van der Waals surface area contributed by atoms with Crippen LogP contribution in [-0.2, 0) is 11.2 Å². The van der Waals surface area contributed by atoms with Gasteiger partial charge in [-0.3, -0.25) is 9.78 Å². The van der Waals surface area contributed by atoms with Crippen LogP contribution in [-0.4, -0.2) is 32.0 Å². The molecule has 0 bridgehead atoms. The fourth-order valence-electron chi connectivity index (χ4n) is 5.66. The Balaban J connectivity index is 1.46. The Kier molecular flexibility index (Phi) is 8.03. The van der Waals surface area contributed by atoms with E-state index in [4.69, 9.17) is 12.2 Å². The van der Waals surface area contributed by atoms with Gasteiger partial charge in [-0.25, -0.2) is 0 Å². The van der Waals surface area contributed by atoms with E-state index in [1.54, 1.807) is 0 Å². The number of carbonyl (C=O) groups excluding carboxylic acids is 1. The Morgan fingerprint density at radius 2 is 1.80 bits per heavy atom. The van der Waals surface area contributed by atoms with Gasteiger partial charge in [0.2, 0.25) is 5.91 Å². The van der Waals surface area contributed by atoms with Gasteiger partial charge in [0.1, 0.15) is 0 Å². The van der Waals surface area contributed by atoms with Gasteiger partial charge >= 0.3 is 0 Å². The second-order valence-electron chi connectivity index (χ2n) is 10.6. The molecule has 0 unspecified atom stereocenters. The average Bonchev–Trinajstić information content (AvgIpc) is 3.44. The normalized spacial score (nSPS) is 16.7. The first-order valence-corrected chi connectivity index (χ1v) is 14.3. The summed E-state index contributed by atoms with van der Waals surface area (Å²) in [5.41, 5.74) is 9.88. The van der Waals surface area contributed by atoms with Crippen LogP contribution < -0.4 is 10.6 Å².